The molecule has 0 amide bonds. The van der Waals surface area contributed by atoms with Gasteiger partial charge >= 0.3 is 10.4 Å². The fraction of sp³-hybridized carbons (Fsp3) is 0. The summed E-state index contributed by atoms with van der Waals surface area (Å²) in [7, 11) is -4.67. The van der Waals surface area contributed by atoms with Gasteiger partial charge in [0, 0.05) is 0 Å². The van der Waals surface area contributed by atoms with E-state index in [1.165, 1.54) is 0 Å². The second-order valence-corrected chi connectivity index (χ2v) is 1.34. The van der Waals surface area contributed by atoms with Gasteiger partial charge in [0.15, 0.2) is 0 Å². The zero-order valence-corrected chi connectivity index (χ0v) is 6.35. The first-order chi connectivity index (χ1) is 2.00. The highest BCUT2D eigenvalue weighted by Gasteiger charge is 1.84. The normalized spacial score (nSPS) is 5.27. The molecule has 16 N–H and O–H groups in total. The average Bonchev–Trinajstić information content (AvgIpc) is 0.722. The van der Waals surface area contributed by atoms with Gasteiger partial charge in [0.25, 0.3) is 0 Å². The van der Waals surface area contributed by atoms with Crippen LogP contribution in [0.1, 0.15) is 0 Å². The Balaban J connectivity index is -0.00000000533. The Morgan fingerprint density at radius 3 is 0.727 bits per heavy atom. The van der Waals surface area contributed by atoms with E-state index in [0.717, 1.165) is 0 Å². The molecule has 0 aliphatic heterocycles. The third-order valence-electron chi connectivity index (χ3n) is 0. The van der Waals surface area contributed by atoms with Gasteiger partial charge in [-0.25, -0.2) is 0 Å². The zero-order chi connectivity index (χ0) is 4.50. The van der Waals surface area contributed by atoms with E-state index in [-0.39, 0.29) is 34.2 Å². The van der Waals surface area contributed by atoms with Crippen molar-refractivity contribution in [2.24, 2.45) is 0 Å². The van der Waals surface area contributed by atoms with Crippen LogP contribution in [-0.4, -0.2) is 39.4 Å². The molecule has 0 aliphatic carbocycles. The van der Waals surface area contributed by atoms with Gasteiger partial charge in [-0.2, -0.15) is 8.42 Å². The Morgan fingerprint density at radius 1 is 0.727 bits per heavy atom. The molecule has 0 aromatic rings. The van der Waals surface area contributed by atoms with Crippen molar-refractivity contribution < 1.29 is 39.4 Å². The molecule has 10 nitrogen and oxygen atoms in total. The molecule has 0 unspecified atom stereocenters. The monoisotopic (exact) mass is 204 g/mol. The van der Waals surface area contributed by atoms with Crippen molar-refractivity contribution in [3.8, 4) is 0 Å². The SMILES string of the molecule is N.N.O.O.O.O.O=S(=O)(O)O. The Hall–Kier alpha value is -0.370. The van der Waals surface area contributed by atoms with Gasteiger partial charge in [0.05, 0.1) is 0 Å². The molecule has 11 heteroatoms. The van der Waals surface area contributed by atoms with E-state index in [9.17, 15) is 0 Å². The van der Waals surface area contributed by atoms with Crippen LogP contribution in [0, 0.1) is 0 Å². The lowest BCUT2D eigenvalue weighted by Gasteiger charge is -1.68. The van der Waals surface area contributed by atoms with E-state index in [1.54, 1.807) is 0 Å². The van der Waals surface area contributed by atoms with Crippen LogP contribution >= 0.6 is 0 Å². The van der Waals surface area contributed by atoms with Crippen molar-refractivity contribution in [1.29, 1.82) is 0 Å². The fourth-order valence-corrected chi connectivity index (χ4v) is 0. The predicted octanol–water partition coefficient (Wildman–Crippen LogP) is -3.63. The maximum atomic E-state index is 8.74. The maximum absolute atomic E-state index is 8.74. The lowest BCUT2D eigenvalue weighted by Crippen LogP contribution is -1.89. The van der Waals surface area contributed by atoms with E-state index in [2.05, 4.69) is 0 Å². The molecule has 0 saturated heterocycles. The van der Waals surface area contributed by atoms with Crippen molar-refractivity contribution in [2.75, 3.05) is 0 Å². The van der Waals surface area contributed by atoms with Crippen LogP contribution in [0.2, 0.25) is 0 Å². The third kappa shape index (κ3) is 4100. The molecule has 11 heavy (non-hydrogen) atoms. The molecule has 0 aromatic carbocycles. The number of hydrogen-bond donors (Lipinski definition) is 4. The lowest BCUT2D eigenvalue weighted by atomic mass is 14.0. The average molecular weight is 204 g/mol. The molecular weight excluding hydrogens is 188 g/mol. The Labute approximate surface area is 63.2 Å². The minimum atomic E-state index is -4.67. The second-order valence-electron chi connectivity index (χ2n) is 0.448. The molecular formula is H16N2O8S. The highest BCUT2D eigenvalue weighted by Crippen LogP contribution is 1.59. The summed E-state index contributed by atoms with van der Waals surface area (Å²) < 4.78 is 31.6. The summed E-state index contributed by atoms with van der Waals surface area (Å²) in [6, 6.07) is 0. The standard InChI is InChI=1S/2H3N.H2O4S.4H2O/c;;1-5(2,3)4;;;;/h2*1H3;(H2,1,2,3,4);4*1H2. The van der Waals surface area contributed by atoms with Gasteiger partial charge in [-0.05, 0) is 0 Å². The smallest absolute Gasteiger partial charge is 0.394 e. The minimum absolute atomic E-state index is 0. The lowest BCUT2D eigenvalue weighted by molar-refractivity contribution is 0.381. The molecule has 80 valence electrons. The van der Waals surface area contributed by atoms with Gasteiger partial charge in [-0.1, -0.05) is 0 Å². The van der Waals surface area contributed by atoms with Gasteiger partial charge < -0.3 is 34.2 Å². The van der Waals surface area contributed by atoms with E-state index in [0.29, 0.717) is 0 Å². The van der Waals surface area contributed by atoms with Crippen molar-refractivity contribution in [3.05, 3.63) is 0 Å². The highest BCUT2D eigenvalue weighted by atomic mass is 32.3. The Morgan fingerprint density at radius 2 is 0.727 bits per heavy atom. The van der Waals surface area contributed by atoms with Crippen LogP contribution in [-0.2, 0) is 10.4 Å². The van der Waals surface area contributed by atoms with Crippen molar-refractivity contribution in [2.45, 2.75) is 0 Å². The van der Waals surface area contributed by atoms with Crippen molar-refractivity contribution >= 4 is 10.4 Å². The molecule has 0 spiro atoms. The van der Waals surface area contributed by atoms with E-state index < -0.39 is 10.4 Å². The molecule has 0 rings (SSSR count). The van der Waals surface area contributed by atoms with Crippen LogP contribution in [0.25, 0.3) is 0 Å². The topological polar surface area (TPSA) is 271 Å². The first-order valence-corrected chi connectivity index (χ1v) is 2.10. The quantitative estimate of drug-likeness (QED) is 0.288. The summed E-state index contributed by atoms with van der Waals surface area (Å²) in [5.41, 5.74) is 0. The largest absolute Gasteiger partial charge is 0.412 e. The fourth-order valence-electron chi connectivity index (χ4n) is 0. The molecule has 0 aromatic heterocycles. The first kappa shape index (κ1) is 74.8. The zero-order valence-electron chi connectivity index (χ0n) is 5.53. The maximum Gasteiger partial charge on any atom is 0.394 e. The van der Waals surface area contributed by atoms with Crippen LogP contribution in [0.3, 0.4) is 0 Å². The summed E-state index contributed by atoms with van der Waals surface area (Å²) in [4.78, 5) is 0. The van der Waals surface area contributed by atoms with E-state index in [4.69, 9.17) is 17.5 Å². The molecule has 0 bridgehead atoms. The van der Waals surface area contributed by atoms with Gasteiger partial charge in [0.2, 0.25) is 0 Å². The Bertz CT molecular complexity index is 95.3. The molecule has 0 fully saturated rings. The van der Waals surface area contributed by atoms with Crippen molar-refractivity contribution in [3.63, 3.8) is 0 Å². The second kappa shape index (κ2) is 22.6. The Kier molecular flexibility index (Phi) is 154. The summed E-state index contributed by atoms with van der Waals surface area (Å²) in [6.07, 6.45) is 0. The summed E-state index contributed by atoms with van der Waals surface area (Å²) in [6.45, 7) is 0. The molecule has 0 radical (unpaired) electrons. The number of hydrogen-bond acceptors (Lipinski definition) is 4. The van der Waals surface area contributed by atoms with Gasteiger partial charge in [0.1, 0.15) is 0 Å². The van der Waals surface area contributed by atoms with Gasteiger partial charge in [-0.15, -0.1) is 0 Å². The van der Waals surface area contributed by atoms with Crippen LogP contribution < -0.4 is 12.3 Å². The predicted molar refractivity (Wildman–Crippen MR) is 38.7 cm³/mol. The summed E-state index contributed by atoms with van der Waals surface area (Å²) in [5.74, 6) is 0. The molecule has 0 aliphatic rings. The van der Waals surface area contributed by atoms with E-state index >= 15 is 0 Å². The van der Waals surface area contributed by atoms with E-state index in [1.807, 2.05) is 0 Å². The van der Waals surface area contributed by atoms with Crippen LogP contribution in [0.4, 0.5) is 0 Å². The van der Waals surface area contributed by atoms with Crippen LogP contribution in [0.15, 0.2) is 0 Å². The highest BCUT2D eigenvalue weighted by molar-refractivity contribution is 7.79. The van der Waals surface area contributed by atoms with Crippen LogP contribution in [0.5, 0.6) is 0 Å². The van der Waals surface area contributed by atoms with Crippen molar-refractivity contribution in [1.82, 2.24) is 12.3 Å². The molecule has 0 atom stereocenters. The number of rotatable bonds is 0. The summed E-state index contributed by atoms with van der Waals surface area (Å²) in [5, 5.41) is 0. The van der Waals surface area contributed by atoms with Gasteiger partial charge in [-0.3, -0.25) is 9.11 Å². The summed E-state index contributed by atoms with van der Waals surface area (Å²) >= 11 is 0. The minimum Gasteiger partial charge on any atom is -0.412 e. The first-order valence-electron chi connectivity index (χ1n) is 0.698. The molecule has 0 heterocycles. The third-order valence-corrected chi connectivity index (χ3v) is 0. The molecule has 0 saturated carbocycles.